The minimum absolute atomic E-state index is 0.308. The van der Waals surface area contributed by atoms with E-state index in [0.29, 0.717) is 11.4 Å². The largest absolute Gasteiger partial charge is 0.464 e. The van der Waals surface area contributed by atoms with Gasteiger partial charge in [-0.25, -0.2) is 14.6 Å². The highest BCUT2D eigenvalue weighted by Gasteiger charge is 2.18. The van der Waals surface area contributed by atoms with Gasteiger partial charge in [0.2, 0.25) is 0 Å². The number of hydrogen-bond acceptors (Lipinski definition) is 4. The van der Waals surface area contributed by atoms with Crippen molar-refractivity contribution >= 4 is 23.0 Å². The van der Waals surface area contributed by atoms with Crippen molar-refractivity contribution in [1.29, 1.82) is 0 Å². The first-order chi connectivity index (χ1) is 8.65. The van der Waals surface area contributed by atoms with Gasteiger partial charge in [-0.15, -0.1) is 11.3 Å². The van der Waals surface area contributed by atoms with Gasteiger partial charge in [0, 0.05) is 0 Å². The summed E-state index contributed by atoms with van der Waals surface area (Å²) < 4.78 is 4.71. The Labute approximate surface area is 109 Å². The molecule has 0 N–H and O–H groups in total. The average molecular weight is 258 g/mol. The van der Waals surface area contributed by atoms with Gasteiger partial charge in [0.05, 0.1) is 23.6 Å². The van der Waals surface area contributed by atoms with E-state index >= 15 is 0 Å². The number of benzene rings is 1. The molecule has 0 aliphatic carbocycles. The Kier molecular flexibility index (Phi) is 3.40. The lowest BCUT2D eigenvalue weighted by Crippen LogP contribution is -2.03. The SMILES string of the molecule is [C-]#[N+]c1cccc(-c2sc(C)nc2C(=O)OC)c1. The average Bonchev–Trinajstić information content (AvgIpc) is 2.80. The molecule has 0 amide bonds. The van der Waals surface area contributed by atoms with Crippen molar-refractivity contribution in [2.45, 2.75) is 6.92 Å². The molecule has 1 aromatic carbocycles. The van der Waals surface area contributed by atoms with E-state index in [0.717, 1.165) is 15.4 Å². The first-order valence-electron chi connectivity index (χ1n) is 5.19. The van der Waals surface area contributed by atoms with Crippen LogP contribution < -0.4 is 0 Å². The maximum absolute atomic E-state index is 11.6. The Bertz CT molecular complexity index is 641. The molecule has 1 aromatic heterocycles. The smallest absolute Gasteiger partial charge is 0.358 e. The molecule has 0 unspecified atom stereocenters. The molecule has 0 aliphatic heterocycles. The van der Waals surface area contributed by atoms with Crippen LogP contribution in [0.1, 0.15) is 15.5 Å². The summed E-state index contributed by atoms with van der Waals surface area (Å²) in [7, 11) is 1.33. The quantitative estimate of drug-likeness (QED) is 0.612. The summed E-state index contributed by atoms with van der Waals surface area (Å²) in [6, 6.07) is 7.11. The normalized spacial score (nSPS) is 9.83. The van der Waals surface area contributed by atoms with E-state index in [1.165, 1.54) is 18.4 Å². The van der Waals surface area contributed by atoms with E-state index in [-0.39, 0.29) is 0 Å². The Morgan fingerprint density at radius 2 is 2.28 bits per heavy atom. The fourth-order valence-corrected chi connectivity index (χ4v) is 2.48. The second kappa shape index (κ2) is 4.98. The number of nitrogens with zero attached hydrogens (tertiary/aromatic N) is 2. The van der Waals surface area contributed by atoms with Crippen molar-refractivity contribution in [2.24, 2.45) is 0 Å². The fourth-order valence-electron chi connectivity index (χ4n) is 1.57. The van der Waals surface area contributed by atoms with E-state index in [1.54, 1.807) is 18.2 Å². The minimum atomic E-state index is -0.456. The predicted molar refractivity (Wildman–Crippen MR) is 69.9 cm³/mol. The molecular weight excluding hydrogens is 248 g/mol. The Morgan fingerprint density at radius 3 is 2.94 bits per heavy atom. The standard InChI is InChI=1S/C13H10N2O2S/c1-8-15-11(13(16)17-3)12(18-8)9-5-4-6-10(7-9)14-2/h4-7H,1,3H3. The van der Waals surface area contributed by atoms with Crippen LogP contribution in [0.5, 0.6) is 0 Å². The van der Waals surface area contributed by atoms with E-state index in [1.807, 2.05) is 13.0 Å². The second-order valence-corrected chi connectivity index (χ2v) is 4.77. The Morgan fingerprint density at radius 1 is 1.50 bits per heavy atom. The number of ether oxygens (including phenoxy) is 1. The van der Waals surface area contributed by atoms with Gasteiger partial charge in [0.1, 0.15) is 0 Å². The van der Waals surface area contributed by atoms with Crippen LogP contribution >= 0.6 is 11.3 Å². The molecule has 0 atom stereocenters. The molecule has 4 nitrogen and oxygen atoms in total. The first-order valence-corrected chi connectivity index (χ1v) is 6.01. The molecule has 0 saturated heterocycles. The lowest BCUT2D eigenvalue weighted by Gasteiger charge is -2.01. The van der Waals surface area contributed by atoms with E-state index < -0.39 is 5.97 Å². The van der Waals surface area contributed by atoms with Gasteiger partial charge in [0.15, 0.2) is 11.4 Å². The summed E-state index contributed by atoms with van der Waals surface area (Å²) in [5, 5.41) is 0.790. The highest BCUT2D eigenvalue weighted by Crippen LogP contribution is 2.32. The van der Waals surface area contributed by atoms with Crippen LogP contribution in [-0.2, 0) is 4.74 Å². The van der Waals surface area contributed by atoms with Gasteiger partial charge < -0.3 is 4.74 Å². The summed E-state index contributed by atoms with van der Waals surface area (Å²) in [5.41, 5.74) is 1.66. The number of rotatable bonds is 2. The lowest BCUT2D eigenvalue weighted by atomic mass is 10.1. The zero-order chi connectivity index (χ0) is 13.1. The van der Waals surface area contributed by atoms with Crippen molar-refractivity contribution < 1.29 is 9.53 Å². The summed E-state index contributed by atoms with van der Waals surface area (Å²) in [6.45, 7) is 8.84. The Balaban J connectivity index is 2.56. The fraction of sp³-hybridized carbons (Fsp3) is 0.154. The van der Waals surface area contributed by atoms with Gasteiger partial charge in [-0.1, -0.05) is 18.2 Å². The summed E-state index contributed by atoms with van der Waals surface area (Å²) in [6.07, 6.45) is 0. The maximum Gasteiger partial charge on any atom is 0.358 e. The molecule has 90 valence electrons. The van der Waals surface area contributed by atoms with E-state index in [2.05, 4.69) is 9.83 Å². The minimum Gasteiger partial charge on any atom is -0.464 e. The topological polar surface area (TPSA) is 43.5 Å². The Hall–Kier alpha value is -2.19. The number of thiazole rings is 1. The van der Waals surface area contributed by atoms with Crippen LogP contribution in [0.3, 0.4) is 0 Å². The third-order valence-corrected chi connectivity index (χ3v) is 3.37. The van der Waals surface area contributed by atoms with Gasteiger partial charge in [-0.2, -0.15) is 0 Å². The van der Waals surface area contributed by atoms with Crippen LogP contribution in [0.15, 0.2) is 24.3 Å². The lowest BCUT2D eigenvalue weighted by molar-refractivity contribution is 0.0595. The van der Waals surface area contributed by atoms with Crippen molar-refractivity contribution in [3.05, 3.63) is 46.4 Å². The number of methoxy groups -OCH3 is 1. The van der Waals surface area contributed by atoms with Crippen molar-refractivity contribution in [1.82, 2.24) is 4.98 Å². The van der Waals surface area contributed by atoms with Crippen molar-refractivity contribution in [2.75, 3.05) is 7.11 Å². The zero-order valence-electron chi connectivity index (χ0n) is 9.93. The number of esters is 1. The molecule has 0 radical (unpaired) electrons. The molecule has 0 fully saturated rings. The number of hydrogen-bond donors (Lipinski definition) is 0. The van der Waals surface area contributed by atoms with Gasteiger partial charge in [-0.05, 0) is 18.6 Å². The molecule has 1 heterocycles. The number of carbonyl (C=O) groups excluding carboxylic acids is 1. The van der Waals surface area contributed by atoms with Crippen molar-refractivity contribution in [3.63, 3.8) is 0 Å². The van der Waals surface area contributed by atoms with Gasteiger partial charge in [0.25, 0.3) is 0 Å². The summed E-state index contributed by atoms with van der Waals surface area (Å²) in [4.78, 5) is 19.9. The van der Waals surface area contributed by atoms with Gasteiger partial charge in [-0.3, -0.25) is 0 Å². The highest BCUT2D eigenvalue weighted by molar-refractivity contribution is 7.15. The molecule has 5 heteroatoms. The molecule has 0 spiro atoms. The molecule has 0 aliphatic rings. The molecule has 2 aromatic rings. The van der Waals surface area contributed by atoms with E-state index in [9.17, 15) is 4.79 Å². The third kappa shape index (κ3) is 2.24. The summed E-state index contributed by atoms with van der Waals surface area (Å²) >= 11 is 1.42. The predicted octanol–water partition coefficient (Wildman–Crippen LogP) is 3.46. The van der Waals surface area contributed by atoms with Gasteiger partial charge >= 0.3 is 5.97 Å². The summed E-state index contributed by atoms with van der Waals surface area (Å²) in [5.74, 6) is -0.456. The van der Waals surface area contributed by atoms with Crippen molar-refractivity contribution in [3.8, 4) is 10.4 Å². The number of aromatic nitrogens is 1. The molecule has 0 bridgehead atoms. The second-order valence-electron chi connectivity index (χ2n) is 3.56. The number of carbonyl (C=O) groups is 1. The first kappa shape index (κ1) is 12.3. The van der Waals surface area contributed by atoms with Crippen LogP contribution in [0.25, 0.3) is 15.3 Å². The van der Waals surface area contributed by atoms with E-state index in [4.69, 9.17) is 11.3 Å². The molecular formula is C13H10N2O2S. The van der Waals surface area contributed by atoms with Crippen LogP contribution in [0, 0.1) is 13.5 Å². The molecule has 0 saturated carbocycles. The molecule has 18 heavy (non-hydrogen) atoms. The van der Waals surface area contributed by atoms with Crippen LogP contribution in [0.4, 0.5) is 5.69 Å². The van der Waals surface area contributed by atoms with Crippen LogP contribution in [0.2, 0.25) is 0 Å². The van der Waals surface area contributed by atoms with Crippen LogP contribution in [-0.4, -0.2) is 18.1 Å². The zero-order valence-corrected chi connectivity index (χ0v) is 10.7. The molecule has 2 rings (SSSR count). The third-order valence-electron chi connectivity index (χ3n) is 2.35. The number of aryl methyl sites for hydroxylation is 1. The highest BCUT2D eigenvalue weighted by atomic mass is 32.1. The maximum atomic E-state index is 11.6. The monoisotopic (exact) mass is 258 g/mol.